The standard InChI is InChI=1S/C23H31NO6/c1-6-20(26)16-7-10-19(11-8-16)30-15-18(25)14-24(2)13-17-9-12-21(27-3)23(29-5)22(17)28-4/h7-12,18,25H,6,13-15H2,1-5H3. The fourth-order valence-corrected chi connectivity index (χ4v) is 3.19. The molecule has 1 N–H and O–H groups in total. The molecular weight excluding hydrogens is 386 g/mol. The largest absolute Gasteiger partial charge is 0.493 e. The van der Waals surface area contributed by atoms with Crippen LogP contribution in [0.3, 0.4) is 0 Å². The Morgan fingerprint density at radius 1 is 1.00 bits per heavy atom. The van der Waals surface area contributed by atoms with Gasteiger partial charge in [-0.25, -0.2) is 0 Å². The Morgan fingerprint density at radius 3 is 2.23 bits per heavy atom. The number of Topliss-reactive ketones (excluding diaryl/α,β-unsaturated/α-hetero) is 1. The van der Waals surface area contributed by atoms with Crippen LogP contribution in [0.5, 0.6) is 23.0 Å². The zero-order valence-corrected chi connectivity index (χ0v) is 18.3. The van der Waals surface area contributed by atoms with Crippen molar-refractivity contribution in [2.45, 2.75) is 26.0 Å². The van der Waals surface area contributed by atoms with Crippen molar-refractivity contribution in [1.29, 1.82) is 0 Å². The molecule has 2 aromatic carbocycles. The third-order valence-corrected chi connectivity index (χ3v) is 4.69. The number of carbonyl (C=O) groups is 1. The summed E-state index contributed by atoms with van der Waals surface area (Å²) in [7, 11) is 6.64. The first-order chi connectivity index (χ1) is 14.4. The predicted octanol–water partition coefficient (Wildman–Crippen LogP) is 3.18. The predicted molar refractivity (Wildman–Crippen MR) is 115 cm³/mol. The third-order valence-electron chi connectivity index (χ3n) is 4.69. The molecule has 1 atom stereocenters. The van der Waals surface area contributed by atoms with Crippen LogP contribution in [0.15, 0.2) is 36.4 Å². The Bertz CT molecular complexity index is 821. The van der Waals surface area contributed by atoms with Crippen LogP contribution in [0, 0.1) is 0 Å². The number of likely N-dealkylation sites (N-methyl/N-ethyl adjacent to an activating group) is 1. The topological polar surface area (TPSA) is 77.5 Å². The van der Waals surface area contributed by atoms with Gasteiger partial charge in [-0.2, -0.15) is 0 Å². The van der Waals surface area contributed by atoms with Crippen molar-refractivity contribution >= 4 is 5.78 Å². The molecule has 0 fully saturated rings. The van der Waals surface area contributed by atoms with Gasteiger partial charge in [0.15, 0.2) is 17.3 Å². The number of ketones is 1. The van der Waals surface area contributed by atoms with Crippen LogP contribution in [-0.4, -0.2) is 63.4 Å². The average Bonchev–Trinajstić information content (AvgIpc) is 2.76. The monoisotopic (exact) mass is 417 g/mol. The number of methoxy groups -OCH3 is 3. The summed E-state index contributed by atoms with van der Waals surface area (Å²) in [5.74, 6) is 2.46. The maximum atomic E-state index is 11.7. The zero-order chi connectivity index (χ0) is 22.1. The van der Waals surface area contributed by atoms with Gasteiger partial charge in [0.2, 0.25) is 5.75 Å². The van der Waals surface area contributed by atoms with Crippen LogP contribution >= 0.6 is 0 Å². The highest BCUT2D eigenvalue weighted by Gasteiger charge is 2.18. The van der Waals surface area contributed by atoms with Crippen molar-refractivity contribution in [1.82, 2.24) is 4.90 Å². The number of benzene rings is 2. The van der Waals surface area contributed by atoms with Gasteiger partial charge in [0, 0.05) is 30.6 Å². The van der Waals surface area contributed by atoms with E-state index in [1.807, 2.05) is 31.0 Å². The fraction of sp³-hybridized carbons (Fsp3) is 0.435. The minimum absolute atomic E-state index is 0.0915. The molecule has 1 unspecified atom stereocenters. The number of nitrogens with zero attached hydrogens (tertiary/aromatic N) is 1. The van der Waals surface area contributed by atoms with E-state index in [1.54, 1.807) is 45.6 Å². The lowest BCUT2D eigenvalue weighted by molar-refractivity contribution is 0.0741. The SMILES string of the molecule is CCC(=O)c1ccc(OCC(O)CN(C)Cc2ccc(OC)c(OC)c2OC)cc1. The second-order valence-corrected chi connectivity index (χ2v) is 6.96. The molecule has 0 saturated carbocycles. The molecule has 0 amide bonds. The first-order valence-corrected chi connectivity index (χ1v) is 9.83. The van der Waals surface area contributed by atoms with Crippen LogP contribution in [0.25, 0.3) is 0 Å². The summed E-state index contributed by atoms with van der Waals surface area (Å²) in [5, 5.41) is 10.4. The van der Waals surface area contributed by atoms with Gasteiger partial charge in [-0.15, -0.1) is 0 Å². The Morgan fingerprint density at radius 2 is 1.67 bits per heavy atom. The van der Waals surface area contributed by atoms with Crippen molar-refractivity contribution in [3.8, 4) is 23.0 Å². The Kier molecular flexibility index (Phi) is 8.95. The summed E-state index contributed by atoms with van der Waals surface area (Å²) in [6, 6.07) is 10.7. The van der Waals surface area contributed by atoms with Crippen molar-refractivity contribution in [2.75, 3.05) is 41.5 Å². The molecular formula is C23H31NO6. The minimum Gasteiger partial charge on any atom is -0.493 e. The molecule has 7 nitrogen and oxygen atoms in total. The molecule has 164 valence electrons. The number of hydrogen-bond donors (Lipinski definition) is 1. The van der Waals surface area contributed by atoms with E-state index in [0.717, 1.165) is 5.56 Å². The van der Waals surface area contributed by atoms with Crippen molar-refractivity contribution in [3.05, 3.63) is 47.5 Å². The number of rotatable bonds is 12. The lowest BCUT2D eigenvalue weighted by Crippen LogP contribution is -2.32. The second-order valence-electron chi connectivity index (χ2n) is 6.96. The highest BCUT2D eigenvalue weighted by atomic mass is 16.5. The summed E-state index contributed by atoms with van der Waals surface area (Å²) >= 11 is 0. The van der Waals surface area contributed by atoms with Gasteiger partial charge < -0.3 is 24.1 Å². The van der Waals surface area contributed by atoms with E-state index in [2.05, 4.69) is 0 Å². The molecule has 2 aromatic rings. The molecule has 2 rings (SSSR count). The minimum atomic E-state index is -0.682. The summed E-state index contributed by atoms with van der Waals surface area (Å²) in [6.45, 7) is 2.93. The van der Waals surface area contributed by atoms with Gasteiger partial charge >= 0.3 is 0 Å². The Labute approximate surface area is 178 Å². The van der Waals surface area contributed by atoms with Crippen LogP contribution in [0.2, 0.25) is 0 Å². The normalized spacial score (nSPS) is 11.8. The van der Waals surface area contributed by atoms with Gasteiger partial charge in [0.1, 0.15) is 18.5 Å². The van der Waals surface area contributed by atoms with Crippen molar-refractivity contribution in [3.63, 3.8) is 0 Å². The fourth-order valence-electron chi connectivity index (χ4n) is 3.19. The van der Waals surface area contributed by atoms with Crippen LogP contribution < -0.4 is 18.9 Å². The maximum Gasteiger partial charge on any atom is 0.203 e. The first-order valence-electron chi connectivity index (χ1n) is 9.83. The summed E-state index contributed by atoms with van der Waals surface area (Å²) < 4.78 is 21.9. The first kappa shape index (κ1) is 23.5. The molecule has 0 aliphatic carbocycles. The molecule has 30 heavy (non-hydrogen) atoms. The molecule has 0 bridgehead atoms. The highest BCUT2D eigenvalue weighted by molar-refractivity contribution is 5.95. The number of ether oxygens (including phenoxy) is 4. The molecule has 0 aromatic heterocycles. The van der Waals surface area contributed by atoms with Gasteiger partial charge in [-0.05, 0) is 37.4 Å². The smallest absolute Gasteiger partial charge is 0.203 e. The van der Waals surface area contributed by atoms with Gasteiger partial charge in [0.25, 0.3) is 0 Å². The summed E-state index contributed by atoms with van der Waals surface area (Å²) in [4.78, 5) is 13.6. The highest BCUT2D eigenvalue weighted by Crippen LogP contribution is 2.40. The van der Waals surface area contributed by atoms with E-state index in [1.165, 1.54) is 0 Å². The van der Waals surface area contributed by atoms with E-state index in [9.17, 15) is 9.90 Å². The van der Waals surface area contributed by atoms with Crippen LogP contribution in [0.4, 0.5) is 0 Å². The zero-order valence-electron chi connectivity index (χ0n) is 18.3. The van der Waals surface area contributed by atoms with E-state index in [-0.39, 0.29) is 12.4 Å². The lowest BCUT2D eigenvalue weighted by atomic mass is 10.1. The second kappa shape index (κ2) is 11.4. The van der Waals surface area contributed by atoms with E-state index in [0.29, 0.717) is 48.1 Å². The van der Waals surface area contributed by atoms with Crippen LogP contribution in [-0.2, 0) is 6.54 Å². The average molecular weight is 418 g/mol. The number of aliphatic hydroxyl groups excluding tert-OH is 1. The number of hydrogen-bond acceptors (Lipinski definition) is 7. The molecule has 0 radical (unpaired) electrons. The van der Waals surface area contributed by atoms with Crippen LogP contribution in [0.1, 0.15) is 29.3 Å². The lowest BCUT2D eigenvalue weighted by Gasteiger charge is -2.23. The number of carbonyl (C=O) groups excluding carboxylic acids is 1. The molecule has 0 spiro atoms. The van der Waals surface area contributed by atoms with E-state index in [4.69, 9.17) is 18.9 Å². The third kappa shape index (κ3) is 6.11. The molecule has 0 aliphatic heterocycles. The van der Waals surface area contributed by atoms with E-state index < -0.39 is 6.10 Å². The summed E-state index contributed by atoms with van der Waals surface area (Å²) in [6.07, 6.45) is -0.214. The van der Waals surface area contributed by atoms with Crippen molar-refractivity contribution < 1.29 is 28.8 Å². The molecule has 0 saturated heterocycles. The van der Waals surface area contributed by atoms with Gasteiger partial charge in [0.05, 0.1) is 21.3 Å². The quantitative estimate of drug-likeness (QED) is 0.532. The van der Waals surface area contributed by atoms with E-state index >= 15 is 0 Å². The van der Waals surface area contributed by atoms with Crippen molar-refractivity contribution in [2.24, 2.45) is 0 Å². The molecule has 0 aliphatic rings. The molecule has 0 heterocycles. The van der Waals surface area contributed by atoms with Gasteiger partial charge in [-0.1, -0.05) is 13.0 Å². The molecule has 7 heteroatoms. The Balaban J connectivity index is 1.92. The maximum absolute atomic E-state index is 11.7. The van der Waals surface area contributed by atoms with Gasteiger partial charge in [-0.3, -0.25) is 9.69 Å². The summed E-state index contributed by atoms with van der Waals surface area (Å²) in [5.41, 5.74) is 1.58. The number of aliphatic hydroxyl groups is 1. The Hall–Kier alpha value is -2.77.